The summed E-state index contributed by atoms with van der Waals surface area (Å²) in [5.74, 6) is 0.992. The zero-order valence-electron chi connectivity index (χ0n) is 9.18. The molecule has 1 aliphatic carbocycles. The van der Waals surface area contributed by atoms with E-state index in [9.17, 15) is 0 Å². The Balaban J connectivity index is 1.99. The molecule has 0 aromatic carbocycles. The Hall–Kier alpha value is -0.0800. The van der Waals surface area contributed by atoms with Crippen molar-refractivity contribution in [1.82, 2.24) is 10.2 Å². The van der Waals surface area contributed by atoms with Crippen molar-refractivity contribution < 1.29 is 0 Å². The fourth-order valence-corrected chi connectivity index (χ4v) is 2.17. The zero-order chi connectivity index (χ0) is 9.52. The van der Waals surface area contributed by atoms with Gasteiger partial charge in [-0.1, -0.05) is 19.8 Å². The molecular formula is C11H24N2. The maximum absolute atomic E-state index is 3.36. The lowest BCUT2D eigenvalue weighted by Gasteiger charge is -2.20. The monoisotopic (exact) mass is 184 g/mol. The molecule has 1 saturated carbocycles. The number of likely N-dealkylation sites (N-methyl/N-ethyl adjacent to an activating group) is 2. The average Bonchev–Trinajstić information content (AvgIpc) is 2.57. The van der Waals surface area contributed by atoms with Gasteiger partial charge < -0.3 is 10.2 Å². The Morgan fingerprint density at radius 1 is 1.31 bits per heavy atom. The number of hydrogen-bond donors (Lipinski definition) is 1. The Bertz CT molecular complexity index is 119. The van der Waals surface area contributed by atoms with Crippen molar-refractivity contribution in [3.05, 3.63) is 0 Å². The van der Waals surface area contributed by atoms with Crippen LogP contribution in [-0.4, -0.2) is 38.1 Å². The summed E-state index contributed by atoms with van der Waals surface area (Å²) in [7, 11) is 2.25. The lowest BCUT2D eigenvalue weighted by Crippen LogP contribution is -2.32. The molecule has 0 bridgehead atoms. The average molecular weight is 184 g/mol. The highest BCUT2D eigenvalue weighted by atomic mass is 15.1. The van der Waals surface area contributed by atoms with Crippen molar-refractivity contribution in [3.8, 4) is 0 Å². The molecule has 0 heterocycles. The van der Waals surface area contributed by atoms with Gasteiger partial charge in [-0.05, 0) is 32.4 Å². The summed E-state index contributed by atoms with van der Waals surface area (Å²) < 4.78 is 0. The minimum absolute atomic E-state index is 0.992. The largest absolute Gasteiger partial charge is 0.316 e. The van der Waals surface area contributed by atoms with Crippen molar-refractivity contribution in [2.75, 3.05) is 33.2 Å². The molecule has 0 radical (unpaired) electrons. The highest BCUT2D eigenvalue weighted by Crippen LogP contribution is 2.24. The van der Waals surface area contributed by atoms with Crippen LogP contribution in [0, 0.1) is 5.92 Å². The molecule has 78 valence electrons. The quantitative estimate of drug-likeness (QED) is 0.632. The van der Waals surface area contributed by atoms with Crippen molar-refractivity contribution in [1.29, 1.82) is 0 Å². The molecule has 1 rings (SSSR count). The standard InChI is InChI=1S/C11H24N2/c1-3-12-8-9-13(2)10-11-6-4-5-7-11/h11-12H,3-10H2,1-2H3. The summed E-state index contributed by atoms with van der Waals surface area (Å²) in [4.78, 5) is 2.47. The van der Waals surface area contributed by atoms with E-state index in [4.69, 9.17) is 0 Å². The van der Waals surface area contributed by atoms with Crippen LogP contribution in [0.15, 0.2) is 0 Å². The second kappa shape index (κ2) is 6.39. The Kier molecular flexibility index (Phi) is 5.40. The fraction of sp³-hybridized carbons (Fsp3) is 1.00. The topological polar surface area (TPSA) is 15.3 Å². The van der Waals surface area contributed by atoms with E-state index in [2.05, 4.69) is 24.2 Å². The van der Waals surface area contributed by atoms with Gasteiger partial charge in [0, 0.05) is 19.6 Å². The van der Waals surface area contributed by atoms with Gasteiger partial charge in [0.1, 0.15) is 0 Å². The third kappa shape index (κ3) is 4.63. The second-order valence-corrected chi connectivity index (χ2v) is 4.27. The van der Waals surface area contributed by atoms with Crippen LogP contribution in [0.25, 0.3) is 0 Å². The first-order valence-electron chi connectivity index (χ1n) is 5.72. The summed E-state index contributed by atoms with van der Waals surface area (Å²) in [6.07, 6.45) is 5.86. The van der Waals surface area contributed by atoms with E-state index in [1.54, 1.807) is 0 Å². The molecule has 0 aromatic rings. The van der Waals surface area contributed by atoms with E-state index in [1.807, 2.05) is 0 Å². The third-order valence-corrected chi connectivity index (χ3v) is 2.96. The van der Waals surface area contributed by atoms with Crippen molar-refractivity contribution in [2.24, 2.45) is 5.92 Å². The highest BCUT2D eigenvalue weighted by Gasteiger charge is 2.16. The number of nitrogens with one attached hydrogen (secondary N) is 1. The summed E-state index contributed by atoms with van der Waals surface area (Å²) in [6, 6.07) is 0. The van der Waals surface area contributed by atoms with E-state index in [-0.39, 0.29) is 0 Å². The Morgan fingerprint density at radius 2 is 2.00 bits per heavy atom. The van der Waals surface area contributed by atoms with Crippen LogP contribution in [0.4, 0.5) is 0 Å². The first kappa shape index (κ1) is 11.0. The third-order valence-electron chi connectivity index (χ3n) is 2.96. The summed E-state index contributed by atoms with van der Waals surface area (Å²) in [5.41, 5.74) is 0. The summed E-state index contributed by atoms with van der Waals surface area (Å²) in [5, 5.41) is 3.36. The molecule has 1 aliphatic rings. The van der Waals surface area contributed by atoms with Gasteiger partial charge in [-0.3, -0.25) is 0 Å². The van der Waals surface area contributed by atoms with Crippen LogP contribution in [-0.2, 0) is 0 Å². The van der Waals surface area contributed by atoms with E-state index in [0.29, 0.717) is 0 Å². The first-order chi connectivity index (χ1) is 6.33. The Morgan fingerprint density at radius 3 is 2.62 bits per heavy atom. The predicted octanol–water partition coefficient (Wildman–Crippen LogP) is 1.72. The fourth-order valence-electron chi connectivity index (χ4n) is 2.17. The molecule has 1 N–H and O–H groups in total. The van der Waals surface area contributed by atoms with Gasteiger partial charge in [0.2, 0.25) is 0 Å². The summed E-state index contributed by atoms with van der Waals surface area (Å²) >= 11 is 0. The number of nitrogens with zero attached hydrogens (tertiary/aromatic N) is 1. The predicted molar refractivity (Wildman–Crippen MR) is 58.0 cm³/mol. The molecule has 0 saturated heterocycles. The van der Waals surface area contributed by atoms with E-state index >= 15 is 0 Å². The first-order valence-corrected chi connectivity index (χ1v) is 5.72. The van der Waals surface area contributed by atoms with Crippen molar-refractivity contribution in [3.63, 3.8) is 0 Å². The van der Waals surface area contributed by atoms with Gasteiger partial charge in [0.05, 0.1) is 0 Å². The molecule has 0 aliphatic heterocycles. The van der Waals surface area contributed by atoms with E-state index in [1.165, 1.54) is 38.8 Å². The normalized spacial score (nSPS) is 18.7. The highest BCUT2D eigenvalue weighted by molar-refractivity contribution is 4.70. The maximum Gasteiger partial charge on any atom is 0.0104 e. The van der Waals surface area contributed by atoms with Crippen molar-refractivity contribution >= 4 is 0 Å². The molecule has 13 heavy (non-hydrogen) atoms. The van der Waals surface area contributed by atoms with Crippen LogP contribution in [0.1, 0.15) is 32.6 Å². The molecular weight excluding hydrogens is 160 g/mol. The summed E-state index contributed by atoms with van der Waals surface area (Å²) in [6.45, 7) is 6.91. The zero-order valence-corrected chi connectivity index (χ0v) is 9.18. The Labute approximate surface area is 82.7 Å². The number of rotatable bonds is 6. The number of hydrogen-bond acceptors (Lipinski definition) is 2. The molecule has 2 heteroatoms. The molecule has 0 atom stereocenters. The minimum atomic E-state index is 0.992. The smallest absolute Gasteiger partial charge is 0.0104 e. The van der Waals surface area contributed by atoms with Gasteiger partial charge in [-0.2, -0.15) is 0 Å². The van der Waals surface area contributed by atoms with Gasteiger partial charge in [-0.15, -0.1) is 0 Å². The van der Waals surface area contributed by atoms with Crippen LogP contribution < -0.4 is 5.32 Å². The van der Waals surface area contributed by atoms with Crippen LogP contribution in [0.2, 0.25) is 0 Å². The molecule has 0 spiro atoms. The molecule has 0 unspecified atom stereocenters. The SMILES string of the molecule is CCNCCN(C)CC1CCCC1. The van der Waals surface area contributed by atoms with E-state index in [0.717, 1.165) is 19.0 Å². The van der Waals surface area contributed by atoms with Crippen molar-refractivity contribution in [2.45, 2.75) is 32.6 Å². The maximum atomic E-state index is 3.36. The van der Waals surface area contributed by atoms with Gasteiger partial charge in [0.25, 0.3) is 0 Å². The van der Waals surface area contributed by atoms with Gasteiger partial charge >= 0.3 is 0 Å². The van der Waals surface area contributed by atoms with Crippen LogP contribution in [0.5, 0.6) is 0 Å². The van der Waals surface area contributed by atoms with Gasteiger partial charge in [-0.25, -0.2) is 0 Å². The lowest BCUT2D eigenvalue weighted by atomic mass is 10.1. The second-order valence-electron chi connectivity index (χ2n) is 4.27. The molecule has 1 fully saturated rings. The van der Waals surface area contributed by atoms with E-state index < -0.39 is 0 Å². The molecule has 2 nitrogen and oxygen atoms in total. The minimum Gasteiger partial charge on any atom is -0.316 e. The molecule has 0 amide bonds. The molecule has 0 aromatic heterocycles. The lowest BCUT2D eigenvalue weighted by molar-refractivity contribution is 0.278. The van der Waals surface area contributed by atoms with Crippen LogP contribution >= 0.6 is 0 Å². The van der Waals surface area contributed by atoms with Crippen LogP contribution in [0.3, 0.4) is 0 Å². The van der Waals surface area contributed by atoms with Gasteiger partial charge in [0.15, 0.2) is 0 Å².